The van der Waals surface area contributed by atoms with Crippen LogP contribution >= 0.6 is 0 Å². The van der Waals surface area contributed by atoms with Crippen LogP contribution < -0.4 is 15.2 Å². The summed E-state index contributed by atoms with van der Waals surface area (Å²) in [6, 6.07) is 10.9. The Bertz CT molecular complexity index is 611. The summed E-state index contributed by atoms with van der Waals surface area (Å²) < 4.78 is 10.4. The highest BCUT2D eigenvalue weighted by molar-refractivity contribution is 5.53. The molecule has 1 atom stereocenters. The normalized spacial score (nSPS) is 12.0. The van der Waals surface area contributed by atoms with E-state index in [-0.39, 0.29) is 0 Å². The highest BCUT2D eigenvalue weighted by atomic mass is 16.5. The molecule has 0 bridgehead atoms. The third kappa shape index (κ3) is 2.56. The minimum atomic E-state index is -0.752. The molecule has 0 radical (unpaired) electrons. The maximum atomic E-state index is 10.5. The molecular weight excluding hydrogens is 254 g/mol. The molecular formula is C16H19NO3. The molecule has 4 heteroatoms. The molecule has 3 N–H and O–H groups in total. The molecule has 0 aliphatic rings. The fourth-order valence-corrected chi connectivity index (χ4v) is 2.17. The topological polar surface area (TPSA) is 64.7 Å². The second-order valence-electron chi connectivity index (χ2n) is 4.58. The zero-order valence-electron chi connectivity index (χ0n) is 11.9. The van der Waals surface area contributed by atoms with E-state index in [1.165, 1.54) is 0 Å². The number of aliphatic hydroxyl groups excluding tert-OH is 1. The van der Waals surface area contributed by atoms with Crippen molar-refractivity contribution in [3.63, 3.8) is 0 Å². The average molecular weight is 273 g/mol. The lowest BCUT2D eigenvalue weighted by Gasteiger charge is -2.17. The number of nitrogen functional groups attached to an aromatic ring is 1. The lowest BCUT2D eigenvalue weighted by atomic mass is 9.96. The van der Waals surface area contributed by atoms with E-state index in [0.717, 1.165) is 16.7 Å². The van der Waals surface area contributed by atoms with Gasteiger partial charge in [0.15, 0.2) is 11.5 Å². The molecule has 2 aromatic carbocycles. The Morgan fingerprint density at radius 1 is 1.05 bits per heavy atom. The Labute approximate surface area is 118 Å². The first-order valence-corrected chi connectivity index (χ1v) is 6.33. The molecule has 0 saturated carbocycles. The van der Waals surface area contributed by atoms with Crippen LogP contribution in [0, 0.1) is 6.92 Å². The SMILES string of the molecule is COc1ccc([C@H](O)c2cccc(N)c2C)cc1OC. The van der Waals surface area contributed by atoms with Crippen LogP contribution in [0.2, 0.25) is 0 Å². The van der Waals surface area contributed by atoms with Gasteiger partial charge in [0.1, 0.15) is 6.10 Å². The Kier molecular flexibility index (Phi) is 4.15. The first-order valence-electron chi connectivity index (χ1n) is 6.33. The van der Waals surface area contributed by atoms with E-state index in [9.17, 15) is 5.11 Å². The van der Waals surface area contributed by atoms with Crippen molar-refractivity contribution in [2.75, 3.05) is 20.0 Å². The molecule has 2 rings (SSSR count). The summed E-state index contributed by atoms with van der Waals surface area (Å²) in [6.45, 7) is 1.90. The zero-order chi connectivity index (χ0) is 14.7. The van der Waals surface area contributed by atoms with E-state index < -0.39 is 6.10 Å². The largest absolute Gasteiger partial charge is 0.493 e. The van der Waals surface area contributed by atoms with Gasteiger partial charge in [-0.05, 0) is 41.8 Å². The minimum absolute atomic E-state index is 0.589. The highest BCUT2D eigenvalue weighted by Gasteiger charge is 2.16. The quantitative estimate of drug-likeness (QED) is 0.841. The molecule has 0 spiro atoms. The van der Waals surface area contributed by atoms with Crippen molar-refractivity contribution in [1.82, 2.24) is 0 Å². The predicted octanol–water partition coefficient (Wildman–Crippen LogP) is 2.68. The van der Waals surface area contributed by atoms with Crippen LogP contribution in [0.1, 0.15) is 22.8 Å². The standard InChI is InChI=1S/C16H19NO3/c1-10-12(5-4-6-13(10)17)16(18)11-7-8-14(19-2)15(9-11)20-3/h4-9,16,18H,17H2,1-3H3/t16-/m0/s1. The Morgan fingerprint density at radius 2 is 1.75 bits per heavy atom. The number of benzene rings is 2. The van der Waals surface area contributed by atoms with Crippen molar-refractivity contribution >= 4 is 5.69 Å². The first kappa shape index (κ1) is 14.2. The van der Waals surface area contributed by atoms with Gasteiger partial charge >= 0.3 is 0 Å². The first-order chi connectivity index (χ1) is 9.58. The average Bonchev–Trinajstić information content (AvgIpc) is 2.48. The lowest BCUT2D eigenvalue weighted by Crippen LogP contribution is -2.04. The van der Waals surface area contributed by atoms with Gasteiger partial charge in [0, 0.05) is 5.69 Å². The smallest absolute Gasteiger partial charge is 0.161 e. The Hall–Kier alpha value is -2.20. The summed E-state index contributed by atoms with van der Waals surface area (Å²) in [4.78, 5) is 0. The molecule has 0 aromatic heterocycles. The number of ether oxygens (including phenoxy) is 2. The molecule has 0 amide bonds. The summed E-state index contributed by atoms with van der Waals surface area (Å²) in [5.74, 6) is 1.22. The third-order valence-electron chi connectivity index (χ3n) is 3.44. The van der Waals surface area contributed by atoms with Crippen LogP contribution in [-0.4, -0.2) is 19.3 Å². The van der Waals surface area contributed by atoms with Crippen molar-refractivity contribution in [3.05, 3.63) is 53.1 Å². The van der Waals surface area contributed by atoms with E-state index in [4.69, 9.17) is 15.2 Å². The van der Waals surface area contributed by atoms with Crippen molar-refractivity contribution in [2.24, 2.45) is 0 Å². The fourth-order valence-electron chi connectivity index (χ4n) is 2.17. The molecule has 0 fully saturated rings. The van der Waals surface area contributed by atoms with Crippen LogP contribution in [0.5, 0.6) is 11.5 Å². The highest BCUT2D eigenvalue weighted by Crippen LogP contribution is 2.33. The van der Waals surface area contributed by atoms with Gasteiger partial charge in [0.2, 0.25) is 0 Å². The summed E-state index contributed by atoms with van der Waals surface area (Å²) in [6.07, 6.45) is -0.752. The summed E-state index contributed by atoms with van der Waals surface area (Å²) in [5.41, 5.74) is 8.96. The van der Waals surface area contributed by atoms with Crippen LogP contribution in [0.15, 0.2) is 36.4 Å². The van der Waals surface area contributed by atoms with Crippen molar-refractivity contribution in [2.45, 2.75) is 13.0 Å². The zero-order valence-corrected chi connectivity index (χ0v) is 11.9. The molecule has 20 heavy (non-hydrogen) atoms. The maximum Gasteiger partial charge on any atom is 0.161 e. The van der Waals surface area contributed by atoms with Crippen LogP contribution in [-0.2, 0) is 0 Å². The third-order valence-corrected chi connectivity index (χ3v) is 3.44. The van der Waals surface area contributed by atoms with Gasteiger partial charge in [-0.15, -0.1) is 0 Å². The van der Waals surface area contributed by atoms with Gasteiger partial charge in [0.25, 0.3) is 0 Å². The van der Waals surface area contributed by atoms with Gasteiger partial charge in [-0.2, -0.15) is 0 Å². The van der Waals surface area contributed by atoms with Crippen molar-refractivity contribution in [3.8, 4) is 11.5 Å². The number of rotatable bonds is 4. The molecule has 0 aliphatic heterocycles. The number of methoxy groups -OCH3 is 2. The summed E-state index contributed by atoms with van der Waals surface area (Å²) in [5, 5.41) is 10.5. The van der Waals surface area contributed by atoms with Crippen molar-refractivity contribution in [1.29, 1.82) is 0 Å². The molecule has 106 valence electrons. The molecule has 2 aromatic rings. The second kappa shape index (κ2) is 5.84. The van der Waals surface area contributed by atoms with Crippen LogP contribution in [0.3, 0.4) is 0 Å². The minimum Gasteiger partial charge on any atom is -0.493 e. The van der Waals surface area contributed by atoms with Gasteiger partial charge in [0.05, 0.1) is 14.2 Å². The van der Waals surface area contributed by atoms with E-state index in [0.29, 0.717) is 17.2 Å². The van der Waals surface area contributed by atoms with E-state index in [1.54, 1.807) is 26.4 Å². The summed E-state index contributed by atoms with van der Waals surface area (Å²) >= 11 is 0. The molecule has 0 aliphatic carbocycles. The summed E-state index contributed by atoms with van der Waals surface area (Å²) in [7, 11) is 3.15. The van der Waals surface area contributed by atoms with Gasteiger partial charge in [-0.3, -0.25) is 0 Å². The van der Waals surface area contributed by atoms with E-state index >= 15 is 0 Å². The molecule has 0 unspecified atom stereocenters. The van der Waals surface area contributed by atoms with E-state index in [1.807, 2.05) is 31.2 Å². The molecule has 0 heterocycles. The number of nitrogens with two attached hydrogens (primary N) is 1. The van der Waals surface area contributed by atoms with Gasteiger partial charge < -0.3 is 20.3 Å². The van der Waals surface area contributed by atoms with E-state index in [2.05, 4.69) is 0 Å². The van der Waals surface area contributed by atoms with Crippen LogP contribution in [0.25, 0.3) is 0 Å². The Morgan fingerprint density at radius 3 is 2.40 bits per heavy atom. The monoisotopic (exact) mass is 273 g/mol. The number of anilines is 1. The maximum absolute atomic E-state index is 10.5. The van der Waals surface area contributed by atoms with Gasteiger partial charge in [-0.25, -0.2) is 0 Å². The number of aliphatic hydroxyl groups is 1. The predicted molar refractivity (Wildman–Crippen MR) is 79.2 cm³/mol. The lowest BCUT2D eigenvalue weighted by molar-refractivity contribution is 0.219. The van der Waals surface area contributed by atoms with Crippen LogP contribution in [0.4, 0.5) is 5.69 Å². The second-order valence-corrected chi connectivity index (χ2v) is 4.58. The fraction of sp³-hybridized carbons (Fsp3) is 0.250. The Balaban J connectivity index is 2.43. The number of hydrogen-bond acceptors (Lipinski definition) is 4. The number of hydrogen-bond donors (Lipinski definition) is 2. The molecule has 0 saturated heterocycles. The van der Waals surface area contributed by atoms with Gasteiger partial charge in [-0.1, -0.05) is 18.2 Å². The van der Waals surface area contributed by atoms with Crippen molar-refractivity contribution < 1.29 is 14.6 Å². The molecule has 4 nitrogen and oxygen atoms in total.